The maximum atomic E-state index is 12.3. The van der Waals surface area contributed by atoms with E-state index in [0.717, 1.165) is 38.9 Å². The Kier molecular flexibility index (Phi) is 5.67. The lowest BCUT2D eigenvalue weighted by molar-refractivity contribution is 0.0167. The lowest BCUT2D eigenvalue weighted by atomic mass is 9.52. The Hall–Kier alpha value is -1.55. The number of amides is 1. The summed E-state index contributed by atoms with van der Waals surface area (Å²) in [5.41, 5.74) is 3.44. The van der Waals surface area contributed by atoms with Gasteiger partial charge in [-0.25, -0.2) is 4.79 Å². The van der Waals surface area contributed by atoms with Gasteiger partial charge in [0.05, 0.1) is 0 Å². The van der Waals surface area contributed by atoms with Crippen molar-refractivity contribution in [3.05, 3.63) is 35.4 Å². The maximum Gasteiger partial charge on any atom is 0.410 e. The van der Waals surface area contributed by atoms with E-state index in [4.69, 9.17) is 4.74 Å². The molecule has 4 rings (SSSR count). The first-order valence-electron chi connectivity index (χ1n) is 12.0. The van der Waals surface area contributed by atoms with Gasteiger partial charge >= 0.3 is 6.09 Å². The number of hydrogen-bond acceptors (Lipinski definition) is 3. The van der Waals surface area contributed by atoms with E-state index < -0.39 is 5.60 Å². The Balaban J connectivity index is 1.34. The van der Waals surface area contributed by atoms with Crippen LogP contribution in [0.15, 0.2) is 24.3 Å². The largest absolute Gasteiger partial charge is 0.444 e. The highest BCUT2D eigenvalue weighted by atomic mass is 16.6. The molecule has 0 bridgehead atoms. The fourth-order valence-corrected chi connectivity index (χ4v) is 6.12. The third kappa shape index (κ3) is 4.12. The summed E-state index contributed by atoms with van der Waals surface area (Å²) in [5, 5.41) is 4.03. The number of likely N-dealkylation sites (tertiary alicyclic amines) is 1. The van der Waals surface area contributed by atoms with Crippen molar-refractivity contribution in [2.24, 2.45) is 11.3 Å². The van der Waals surface area contributed by atoms with Crippen LogP contribution in [0.2, 0.25) is 0 Å². The van der Waals surface area contributed by atoms with E-state index in [-0.39, 0.29) is 11.5 Å². The number of piperidine rings is 1. The van der Waals surface area contributed by atoms with E-state index in [9.17, 15) is 4.79 Å². The Morgan fingerprint density at radius 1 is 1.20 bits per heavy atom. The van der Waals surface area contributed by atoms with Crippen molar-refractivity contribution in [2.75, 3.05) is 19.6 Å². The van der Waals surface area contributed by atoms with Crippen molar-refractivity contribution < 1.29 is 9.53 Å². The van der Waals surface area contributed by atoms with E-state index in [1.165, 1.54) is 24.8 Å². The van der Waals surface area contributed by atoms with Crippen molar-refractivity contribution >= 4 is 6.09 Å². The minimum Gasteiger partial charge on any atom is -0.444 e. The zero-order chi connectivity index (χ0) is 21.6. The van der Waals surface area contributed by atoms with Crippen molar-refractivity contribution in [1.82, 2.24) is 10.2 Å². The van der Waals surface area contributed by atoms with E-state index in [1.54, 1.807) is 5.56 Å². The molecule has 1 aromatic rings. The molecule has 3 aliphatic rings. The molecule has 3 fully saturated rings. The molecule has 1 saturated heterocycles. The summed E-state index contributed by atoms with van der Waals surface area (Å²) in [6.07, 6.45) is 7.16. The SMILES string of the molecule is CCc1ccccc1[C@@]1(C)CC2(CC2)[C@@H]1NCC1CCN(C(=O)OC(C)(C)C)CC1. The second kappa shape index (κ2) is 7.85. The van der Waals surface area contributed by atoms with Gasteiger partial charge in [0.15, 0.2) is 0 Å². The summed E-state index contributed by atoms with van der Waals surface area (Å²) in [4.78, 5) is 14.2. The predicted molar refractivity (Wildman–Crippen MR) is 122 cm³/mol. The van der Waals surface area contributed by atoms with Gasteiger partial charge < -0.3 is 15.0 Å². The van der Waals surface area contributed by atoms with Crippen molar-refractivity contribution in [3.63, 3.8) is 0 Å². The van der Waals surface area contributed by atoms with Gasteiger partial charge in [-0.05, 0) is 88.3 Å². The molecule has 1 aromatic carbocycles. The van der Waals surface area contributed by atoms with Crippen LogP contribution in [0.25, 0.3) is 0 Å². The molecule has 1 heterocycles. The standard InChI is InChI=1S/C26H40N2O2/c1-6-20-9-7-8-10-21(20)25(5)18-26(13-14-26)22(25)27-17-19-11-15-28(16-12-19)23(29)30-24(2,3)4/h7-10,19,22,27H,6,11-18H2,1-5H3/t22-,25-/m1/s1. The maximum absolute atomic E-state index is 12.3. The number of hydrogen-bond donors (Lipinski definition) is 1. The first-order valence-corrected chi connectivity index (χ1v) is 12.0. The van der Waals surface area contributed by atoms with Crippen LogP contribution in [-0.2, 0) is 16.6 Å². The first kappa shape index (κ1) is 21.7. The summed E-state index contributed by atoms with van der Waals surface area (Å²) >= 11 is 0. The Bertz CT molecular complexity index is 771. The van der Waals surface area contributed by atoms with Gasteiger partial charge in [-0.15, -0.1) is 0 Å². The van der Waals surface area contributed by atoms with Crippen LogP contribution < -0.4 is 5.32 Å². The average Bonchev–Trinajstić information content (AvgIpc) is 3.48. The molecule has 1 spiro atoms. The highest BCUT2D eigenvalue weighted by Crippen LogP contribution is 2.69. The topological polar surface area (TPSA) is 41.6 Å². The van der Waals surface area contributed by atoms with Crippen LogP contribution in [0.5, 0.6) is 0 Å². The fraction of sp³-hybridized carbons (Fsp3) is 0.731. The minimum absolute atomic E-state index is 0.159. The third-order valence-electron chi connectivity index (χ3n) is 7.75. The summed E-state index contributed by atoms with van der Waals surface area (Å²) in [7, 11) is 0. The second-order valence-electron chi connectivity index (χ2n) is 11.2. The number of nitrogens with zero attached hydrogens (tertiary/aromatic N) is 1. The lowest BCUT2D eigenvalue weighted by Gasteiger charge is -2.56. The van der Waals surface area contributed by atoms with Gasteiger partial charge in [0.2, 0.25) is 0 Å². The third-order valence-corrected chi connectivity index (χ3v) is 7.75. The summed E-state index contributed by atoms with van der Waals surface area (Å²) in [5.74, 6) is 0.644. The Morgan fingerprint density at radius 3 is 2.47 bits per heavy atom. The van der Waals surface area contributed by atoms with Gasteiger partial charge in [0.25, 0.3) is 0 Å². The summed E-state index contributed by atoms with van der Waals surface area (Å²) < 4.78 is 5.54. The molecule has 0 unspecified atom stereocenters. The number of rotatable bonds is 5. The van der Waals surface area contributed by atoms with Crippen LogP contribution in [0.3, 0.4) is 0 Å². The molecule has 2 saturated carbocycles. The van der Waals surface area contributed by atoms with Crippen LogP contribution in [-0.4, -0.2) is 42.3 Å². The van der Waals surface area contributed by atoms with Gasteiger partial charge in [0.1, 0.15) is 5.60 Å². The van der Waals surface area contributed by atoms with E-state index >= 15 is 0 Å². The van der Waals surface area contributed by atoms with E-state index in [2.05, 4.69) is 43.4 Å². The minimum atomic E-state index is -0.419. The van der Waals surface area contributed by atoms with Gasteiger partial charge in [0, 0.05) is 24.5 Å². The number of carbonyl (C=O) groups is 1. The van der Waals surface area contributed by atoms with Crippen molar-refractivity contribution in [2.45, 2.75) is 90.2 Å². The predicted octanol–water partition coefficient (Wildman–Crippen LogP) is 5.30. The normalized spacial score (nSPS) is 28.3. The molecule has 2 aliphatic carbocycles. The number of benzene rings is 1. The zero-order valence-corrected chi connectivity index (χ0v) is 19.6. The summed E-state index contributed by atoms with van der Waals surface area (Å²) in [6.45, 7) is 13.2. The average molecular weight is 413 g/mol. The Morgan fingerprint density at radius 2 is 1.87 bits per heavy atom. The number of nitrogens with one attached hydrogen (secondary N) is 1. The van der Waals surface area contributed by atoms with Gasteiger partial charge in [-0.2, -0.15) is 0 Å². The molecule has 0 radical (unpaired) electrons. The first-order chi connectivity index (χ1) is 14.2. The number of ether oxygens (including phenoxy) is 1. The molecule has 4 nitrogen and oxygen atoms in total. The molecular weight excluding hydrogens is 372 g/mol. The van der Waals surface area contributed by atoms with Gasteiger partial charge in [-0.3, -0.25) is 0 Å². The molecule has 1 N–H and O–H groups in total. The molecule has 30 heavy (non-hydrogen) atoms. The fourth-order valence-electron chi connectivity index (χ4n) is 6.12. The number of carbonyl (C=O) groups excluding carboxylic acids is 1. The molecule has 1 amide bonds. The van der Waals surface area contributed by atoms with E-state index in [1.807, 2.05) is 25.7 Å². The smallest absolute Gasteiger partial charge is 0.410 e. The lowest BCUT2D eigenvalue weighted by Crippen LogP contribution is -2.63. The molecule has 166 valence electrons. The zero-order valence-electron chi connectivity index (χ0n) is 19.6. The molecule has 4 heteroatoms. The van der Waals surface area contributed by atoms with Crippen LogP contribution in [0, 0.1) is 11.3 Å². The Labute approximate surface area is 182 Å². The monoisotopic (exact) mass is 412 g/mol. The molecule has 2 atom stereocenters. The van der Waals surface area contributed by atoms with Crippen LogP contribution in [0.1, 0.15) is 77.8 Å². The molecular formula is C26H40N2O2. The second-order valence-corrected chi connectivity index (χ2v) is 11.2. The quantitative estimate of drug-likeness (QED) is 0.714. The van der Waals surface area contributed by atoms with Crippen LogP contribution >= 0.6 is 0 Å². The van der Waals surface area contributed by atoms with Crippen LogP contribution in [0.4, 0.5) is 4.79 Å². The summed E-state index contributed by atoms with van der Waals surface area (Å²) in [6, 6.07) is 9.64. The molecule has 1 aliphatic heterocycles. The van der Waals surface area contributed by atoms with Crippen molar-refractivity contribution in [1.29, 1.82) is 0 Å². The molecule has 0 aromatic heterocycles. The number of aryl methyl sites for hydroxylation is 1. The van der Waals surface area contributed by atoms with Crippen molar-refractivity contribution in [3.8, 4) is 0 Å². The highest BCUT2D eigenvalue weighted by molar-refractivity contribution is 5.68. The highest BCUT2D eigenvalue weighted by Gasteiger charge is 2.67. The van der Waals surface area contributed by atoms with Gasteiger partial charge in [-0.1, -0.05) is 38.1 Å². The van der Waals surface area contributed by atoms with E-state index in [0.29, 0.717) is 17.4 Å².